The van der Waals surface area contributed by atoms with Crippen molar-refractivity contribution in [2.75, 3.05) is 0 Å². The highest BCUT2D eigenvalue weighted by atomic mass is 16.5. The van der Waals surface area contributed by atoms with Gasteiger partial charge in [-0.05, 0) is 80.1 Å². The summed E-state index contributed by atoms with van der Waals surface area (Å²) < 4.78 is 5.84. The van der Waals surface area contributed by atoms with Crippen LogP contribution in [0.25, 0.3) is 0 Å². The Hall–Kier alpha value is -2.87. The Morgan fingerprint density at radius 3 is 1.73 bits per heavy atom. The number of ether oxygens (including phenoxy) is 1. The number of carbonyl (C=O) groups is 1. The Kier molecular flexibility index (Phi) is 6.21. The van der Waals surface area contributed by atoms with Crippen LogP contribution < -0.4 is 4.74 Å². The van der Waals surface area contributed by atoms with Crippen molar-refractivity contribution in [1.82, 2.24) is 0 Å². The third-order valence-electron chi connectivity index (χ3n) is 4.44. The first-order valence-corrected chi connectivity index (χ1v) is 9.12. The second kappa shape index (κ2) is 9.00. The van der Waals surface area contributed by atoms with Gasteiger partial charge in [-0.1, -0.05) is 42.5 Å². The fraction of sp³-hybridized carbons (Fsp3) is 0.208. The first kappa shape index (κ1) is 17.9. The number of benzene rings is 3. The van der Waals surface area contributed by atoms with Crippen LogP contribution in [0.5, 0.6) is 11.5 Å². The van der Waals surface area contributed by atoms with Gasteiger partial charge in [0.05, 0.1) is 0 Å². The van der Waals surface area contributed by atoms with E-state index in [1.54, 1.807) is 19.1 Å². The lowest BCUT2D eigenvalue weighted by molar-refractivity contribution is 0.101. The van der Waals surface area contributed by atoms with Gasteiger partial charge in [0.1, 0.15) is 11.5 Å². The van der Waals surface area contributed by atoms with Crippen LogP contribution in [0.1, 0.15) is 41.3 Å². The molecule has 2 nitrogen and oxygen atoms in total. The minimum absolute atomic E-state index is 0.0631. The fourth-order valence-corrected chi connectivity index (χ4v) is 2.92. The SMILES string of the molecule is CC(=O)c1ccc(Oc2ccc(CCCCc3ccccc3)cc2)cc1. The number of Topliss-reactive ketones (excluding diaryl/α,β-unsaturated/α-hetero) is 1. The van der Waals surface area contributed by atoms with Crippen LogP contribution in [0.15, 0.2) is 78.9 Å². The standard InChI is InChI=1S/C24H24O2/c1-19(25)22-13-17-24(18-14-22)26-23-15-11-21(12-16-23)10-6-5-9-20-7-3-2-4-8-20/h2-4,7-8,11-18H,5-6,9-10H2,1H3. The van der Waals surface area contributed by atoms with E-state index in [0.717, 1.165) is 24.3 Å². The summed E-state index contributed by atoms with van der Waals surface area (Å²) in [5, 5.41) is 0. The van der Waals surface area contributed by atoms with Gasteiger partial charge in [0.2, 0.25) is 0 Å². The average molecular weight is 344 g/mol. The first-order chi connectivity index (χ1) is 12.7. The second-order valence-electron chi connectivity index (χ2n) is 6.52. The van der Waals surface area contributed by atoms with E-state index >= 15 is 0 Å². The van der Waals surface area contributed by atoms with Gasteiger partial charge in [-0.3, -0.25) is 4.79 Å². The summed E-state index contributed by atoms with van der Waals surface area (Å²) >= 11 is 0. The minimum atomic E-state index is 0.0631. The molecule has 0 N–H and O–H groups in total. The first-order valence-electron chi connectivity index (χ1n) is 9.12. The van der Waals surface area contributed by atoms with Crippen molar-refractivity contribution in [2.45, 2.75) is 32.6 Å². The van der Waals surface area contributed by atoms with E-state index in [9.17, 15) is 4.79 Å². The van der Waals surface area contributed by atoms with Gasteiger partial charge in [-0.2, -0.15) is 0 Å². The molecule has 0 aliphatic carbocycles. The molecule has 0 fully saturated rings. The van der Waals surface area contributed by atoms with Crippen LogP contribution in [-0.4, -0.2) is 5.78 Å². The molecule has 26 heavy (non-hydrogen) atoms. The van der Waals surface area contributed by atoms with Gasteiger partial charge < -0.3 is 4.74 Å². The van der Waals surface area contributed by atoms with Crippen molar-refractivity contribution >= 4 is 5.78 Å². The Morgan fingerprint density at radius 2 is 1.19 bits per heavy atom. The molecule has 0 amide bonds. The molecule has 0 bridgehead atoms. The molecule has 2 heteroatoms. The summed E-state index contributed by atoms with van der Waals surface area (Å²) in [6, 6.07) is 26.1. The van der Waals surface area contributed by atoms with E-state index in [4.69, 9.17) is 4.74 Å². The average Bonchev–Trinajstić information content (AvgIpc) is 2.68. The van der Waals surface area contributed by atoms with Gasteiger partial charge in [-0.15, -0.1) is 0 Å². The van der Waals surface area contributed by atoms with E-state index in [1.165, 1.54) is 24.0 Å². The van der Waals surface area contributed by atoms with Gasteiger partial charge in [-0.25, -0.2) is 0 Å². The summed E-state index contributed by atoms with van der Waals surface area (Å²) in [7, 11) is 0. The Bertz CT molecular complexity index is 818. The molecule has 0 saturated carbocycles. The predicted octanol–water partition coefficient (Wildman–Crippen LogP) is 6.25. The molecule has 0 aromatic heterocycles. The van der Waals surface area contributed by atoms with Gasteiger partial charge >= 0.3 is 0 Å². The minimum Gasteiger partial charge on any atom is -0.457 e. The highest BCUT2D eigenvalue weighted by Gasteiger charge is 2.02. The zero-order valence-electron chi connectivity index (χ0n) is 15.2. The monoisotopic (exact) mass is 344 g/mol. The molecule has 3 aromatic rings. The van der Waals surface area contributed by atoms with Crippen LogP contribution in [0, 0.1) is 0 Å². The lowest BCUT2D eigenvalue weighted by Crippen LogP contribution is -1.92. The maximum Gasteiger partial charge on any atom is 0.159 e. The van der Waals surface area contributed by atoms with Crippen molar-refractivity contribution in [3.63, 3.8) is 0 Å². The van der Waals surface area contributed by atoms with Crippen LogP contribution in [0.2, 0.25) is 0 Å². The molecular weight excluding hydrogens is 320 g/mol. The molecule has 0 unspecified atom stereocenters. The highest BCUT2D eigenvalue weighted by Crippen LogP contribution is 2.22. The summed E-state index contributed by atoms with van der Waals surface area (Å²) in [5.41, 5.74) is 3.44. The third kappa shape index (κ3) is 5.32. The third-order valence-corrected chi connectivity index (χ3v) is 4.44. The maximum atomic E-state index is 11.3. The van der Waals surface area contributed by atoms with Gasteiger partial charge in [0, 0.05) is 5.56 Å². The Balaban J connectivity index is 1.46. The second-order valence-corrected chi connectivity index (χ2v) is 6.52. The predicted molar refractivity (Wildman–Crippen MR) is 106 cm³/mol. The van der Waals surface area contributed by atoms with Crippen molar-refractivity contribution in [3.05, 3.63) is 95.6 Å². The molecule has 0 heterocycles. The van der Waals surface area contributed by atoms with E-state index in [1.807, 2.05) is 24.3 Å². The van der Waals surface area contributed by atoms with Gasteiger partial charge in [0.25, 0.3) is 0 Å². The number of hydrogen-bond acceptors (Lipinski definition) is 2. The molecule has 3 rings (SSSR count). The Morgan fingerprint density at radius 1 is 0.692 bits per heavy atom. The molecular formula is C24H24O2. The van der Waals surface area contributed by atoms with Crippen molar-refractivity contribution in [1.29, 1.82) is 0 Å². The quantitative estimate of drug-likeness (QED) is 0.357. The summed E-state index contributed by atoms with van der Waals surface area (Å²) in [6.45, 7) is 1.56. The molecule has 3 aromatic carbocycles. The molecule has 0 saturated heterocycles. The number of ketones is 1. The van der Waals surface area contributed by atoms with Crippen LogP contribution in [0.4, 0.5) is 0 Å². The van der Waals surface area contributed by atoms with E-state index in [0.29, 0.717) is 5.56 Å². The number of aryl methyl sites for hydroxylation is 2. The highest BCUT2D eigenvalue weighted by molar-refractivity contribution is 5.94. The zero-order valence-corrected chi connectivity index (χ0v) is 15.2. The normalized spacial score (nSPS) is 10.5. The number of unbranched alkanes of at least 4 members (excludes halogenated alkanes) is 1. The van der Waals surface area contributed by atoms with Crippen LogP contribution in [-0.2, 0) is 12.8 Å². The Labute approximate surface area is 155 Å². The number of rotatable bonds is 8. The maximum absolute atomic E-state index is 11.3. The molecule has 0 radical (unpaired) electrons. The molecule has 0 atom stereocenters. The zero-order chi connectivity index (χ0) is 18.2. The fourth-order valence-electron chi connectivity index (χ4n) is 2.92. The summed E-state index contributed by atoms with van der Waals surface area (Å²) in [6.07, 6.45) is 4.60. The van der Waals surface area contributed by atoms with Crippen molar-refractivity contribution in [3.8, 4) is 11.5 Å². The van der Waals surface area contributed by atoms with E-state index in [-0.39, 0.29) is 5.78 Å². The topological polar surface area (TPSA) is 26.3 Å². The molecule has 0 aliphatic heterocycles. The molecule has 0 aliphatic rings. The van der Waals surface area contributed by atoms with Crippen LogP contribution in [0.3, 0.4) is 0 Å². The van der Waals surface area contributed by atoms with Crippen LogP contribution >= 0.6 is 0 Å². The number of hydrogen-bond donors (Lipinski definition) is 0. The lowest BCUT2D eigenvalue weighted by Gasteiger charge is -2.07. The van der Waals surface area contributed by atoms with Gasteiger partial charge in [0.15, 0.2) is 5.78 Å². The number of carbonyl (C=O) groups excluding carboxylic acids is 1. The lowest BCUT2D eigenvalue weighted by atomic mass is 10.0. The smallest absolute Gasteiger partial charge is 0.159 e. The van der Waals surface area contributed by atoms with Crippen molar-refractivity contribution in [2.24, 2.45) is 0 Å². The molecule has 132 valence electrons. The summed E-state index contributed by atoms with van der Waals surface area (Å²) in [5.74, 6) is 1.62. The largest absolute Gasteiger partial charge is 0.457 e. The van der Waals surface area contributed by atoms with E-state index < -0.39 is 0 Å². The summed E-state index contributed by atoms with van der Waals surface area (Å²) in [4.78, 5) is 11.3. The molecule has 0 spiro atoms. The van der Waals surface area contributed by atoms with Crippen molar-refractivity contribution < 1.29 is 9.53 Å². The van der Waals surface area contributed by atoms with E-state index in [2.05, 4.69) is 42.5 Å².